The van der Waals surface area contributed by atoms with Gasteiger partial charge in [0.2, 0.25) is 5.91 Å². The summed E-state index contributed by atoms with van der Waals surface area (Å²) in [6, 6.07) is 16.6. The standard InChI is InChI=1S/C25H31N3O2/c1-18(2)20-10-4-7-13-23(20)30-15-9-8-14-28-22-12-6-5-11-21(22)26-25(28)19-16-24(29)27(3)17-19/h4-7,10-13,18-19H,8-9,14-17H2,1-3H3. The molecule has 30 heavy (non-hydrogen) atoms. The highest BCUT2D eigenvalue weighted by molar-refractivity contribution is 5.80. The fraction of sp³-hybridized carbons (Fsp3) is 0.440. The fourth-order valence-corrected chi connectivity index (χ4v) is 4.32. The van der Waals surface area contributed by atoms with E-state index in [9.17, 15) is 4.79 Å². The summed E-state index contributed by atoms with van der Waals surface area (Å²) < 4.78 is 8.40. The lowest BCUT2D eigenvalue weighted by atomic mass is 10.0. The summed E-state index contributed by atoms with van der Waals surface area (Å²) in [6.45, 7) is 6.73. The van der Waals surface area contributed by atoms with Gasteiger partial charge in [-0.2, -0.15) is 0 Å². The van der Waals surface area contributed by atoms with Crippen molar-refractivity contribution in [3.05, 3.63) is 59.9 Å². The van der Waals surface area contributed by atoms with E-state index in [1.807, 2.05) is 24.1 Å². The van der Waals surface area contributed by atoms with Crippen molar-refractivity contribution >= 4 is 16.9 Å². The number of benzene rings is 2. The number of ether oxygens (including phenoxy) is 1. The number of imidazole rings is 1. The molecule has 1 amide bonds. The minimum absolute atomic E-state index is 0.170. The van der Waals surface area contributed by atoms with Crippen LogP contribution in [0.25, 0.3) is 11.0 Å². The molecule has 5 nitrogen and oxygen atoms in total. The highest BCUT2D eigenvalue weighted by Crippen LogP contribution is 2.30. The van der Waals surface area contributed by atoms with E-state index in [2.05, 4.69) is 54.8 Å². The molecule has 0 saturated carbocycles. The van der Waals surface area contributed by atoms with Crippen LogP contribution in [0.2, 0.25) is 0 Å². The molecule has 1 unspecified atom stereocenters. The van der Waals surface area contributed by atoms with Crippen molar-refractivity contribution in [2.45, 2.75) is 51.5 Å². The molecule has 3 aromatic rings. The molecule has 5 heteroatoms. The summed E-state index contributed by atoms with van der Waals surface area (Å²) in [5, 5.41) is 0. The van der Waals surface area contributed by atoms with Crippen molar-refractivity contribution in [2.24, 2.45) is 0 Å². The number of para-hydroxylation sites is 3. The lowest BCUT2D eigenvalue weighted by molar-refractivity contribution is -0.126. The molecule has 0 aliphatic carbocycles. The summed E-state index contributed by atoms with van der Waals surface area (Å²) in [6.07, 6.45) is 2.53. The van der Waals surface area contributed by atoms with E-state index in [1.165, 1.54) is 5.56 Å². The molecule has 4 rings (SSSR count). The predicted octanol–water partition coefficient (Wildman–Crippen LogP) is 4.96. The van der Waals surface area contributed by atoms with Crippen molar-refractivity contribution in [3.8, 4) is 5.75 Å². The topological polar surface area (TPSA) is 47.4 Å². The summed E-state index contributed by atoms with van der Waals surface area (Å²) in [4.78, 5) is 18.8. The average Bonchev–Trinajstić information content (AvgIpc) is 3.28. The maximum atomic E-state index is 12.1. The van der Waals surface area contributed by atoms with E-state index in [-0.39, 0.29) is 11.8 Å². The molecule has 1 fully saturated rings. The summed E-state index contributed by atoms with van der Waals surface area (Å²) in [7, 11) is 1.88. The second-order valence-corrected chi connectivity index (χ2v) is 8.53. The number of unbranched alkanes of at least 4 members (excludes halogenated alkanes) is 1. The normalized spacial score (nSPS) is 16.7. The van der Waals surface area contributed by atoms with Gasteiger partial charge in [0, 0.05) is 32.5 Å². The van der Waals surface area contributed by atoms with E-state index in [0.29, 0.717) is 18.9 Å². The smallest absolute Gasteiger partial charge is 0.223 e. The first kappa shape index (κ1) is 20.5. The molecule has 1 aromatic heterocycles. The van der Waals surface area contributed by atoms with Gasteiger partial charge in [-0.25, -0.2) is 4.98 Å². The van der Waals surface area contributed by atoms with Crippen LogP contribution in [0.15, 0.2) is 48.5 Å². The van der Waals surface area contributed by atoms with E-state index >= 15 is 0 Å². The van der Waals surface area contributed by atoms with Crippen molar-refractivity contribution < 1.29 is 9.53 Å². The molecule has 1 aliphatic heterocycles. The SMILES string of the molecule is CC(C)c1ccccc1OCCCCn1c(C2CC(=O)N(C)C2)nc2ccccc21. The van der Waals surface area contributed by atoms with Crippen molar-refractivity contribution in [1.82, 2.24) is 14.5 Å². The fourth-order valence-electron chi connectivity index (χ4n) is 4.32. The zero-order chi connectivity index (χ0) is 21.1. The minimum Gasteiger partial charge on any atom is -0.493 e. The molecule has 0 bridgehead atoms. The lowest BCUT2D eigenvalue weighted by Crippen LogP contribution is -2.19. The van der Waals surface area contributed by atoms with Gasteiger partial charge in [0.25, 0.3) is 0 Å². The zero-order valence-corrected chi connectivity index (χ0v) is 18.2. The number of hydrogen-bond donors (Lipinski definition) is 0. The van der Waals surface area contributed by atoms with Crippen molar-refractivity contribution in [3.63, 3.8) is 0 Å². The number of rotatable bonds is 8. The number of carbonyl (C=O) groups excluding carboxylic acids is 1. The molecule has 0 spiro atoms. The van der Waals surface area contributed by atoms with E-state index in [0.717, 1.165) is 48.5 Å². The molecule has 1 saturated heterocycles. The van der Waals surface area contributed by atoms with Crippen LogP contribution in [-0.2, 0) is 11.3 Å². The Kier molecular flexibility index (Phi) is 6.07. The number of aromatic nitrogens is 2. The van der Waals surface area contributed by atoms with Crippen LogP contribution in [0.3, 0.4) is 0 Å². The third kappa shape index (κ3) is 4.20. The van der Waals surface area contributed by atoms with Gasteiger partial charge in [-0.15, -0.1) is 0 Å². The van der Waals surface area contributed by atoms with Crippen LogP contribution in [0, 0.1) is 0 Å². The largest absolute Gasteiger partial charge is 0.493 e. The third-order valence-corrected chi connectivity index (χ3v) is 5.96. The molecular formula is C25H31N3O2. The maximum absolute atomic E-state index is 12.1. The highest BCUT2D eigenvalue weighted by atomic mass is 16.5. The average molecular weight is 406 g/mol. The number of hydrogen-bond acceptors (Lipinski definition) is 3. The Balaban J connectivity index is 1.42. The van der Waals surface area contributed by atoms with Crippen LogP contribution in [0.1, 0.15) is 56.3 Å². The van der Waals surface area contributed by atoms with Crippen LogP contribution < -0.4 is 4.74 Å². The van der Waals surface area contributed by atoms with Gasteiger partial charge >= 0.3 is 0 Å². The third-order valence-electron chi connectivity index (χ3n) is 5.96. The first-order valence-electron chi connectivity index (χ1n) is 11.0. The van der Waals surface area contributed by atoms with Gasteiger partial charge in [-0.1, -0.05) is 44.2 Å². The van der Waals surface area contributed by atoms with Crippen LogP contribution in [-0.4, -0.2) is 40.6 Å². The van der Waals surface area contributed by atoms with Gasteiger partial charge in [-0.05, 0) is 42.5 Å². The second-order valence-electron chi connectivity index (χ2n) is 8.53. The Morgan fingerprint density at radius 3 is 2.63 bits per heavy atom. The summed E-state index contributed by atoms with van der Waals surface area (Å²) in [5.41, 5.74) is 3.42. The van der Waals surface area contributed by atoms with Gasteiger partial charge in [0.15, 0.2) is 0 Å². The Labute approximate surface area is 178 Å². The van der Waals surface area contributed by atoms with Gasteiger partial charge in [0.05, 0.1) is 17.6 Å². The quantitative estimate of drug-likeness (QED) is 0.498. The number of carbonyl (C=O) groups is 1. The minimum atomic E-state index is 0.170. The number of aryl methyl sites for hydroxylation is 1. The number of likely N-dealkylation sites (N-methyl/N-ethyl adjacent to an activating group) is 1. The molecule has 0 radical (unpaired) electrons. The number of amides is 1. The van der Waals surface area contributed by atoms with Crippen molar-refractivity contribution in [1.29, 1.82) is 0 Å². The van der Waals surface area contributed by atoms with E-state index < -0.39 is 0 Å². The first-order chi connectivity index (χ1) is 14.5. The van der Waals surface area contributed by atoms with Crippen molar-refractivity contribution in [2.75, 3.05) is 20.2 Å². The highest BCUT2D eigenvalue weighted by Gasteiger charge is 2.31. The molecule has 2 heterocycles. The van der Waals surface area contributed by atoms with Crippen LogP contribution in [0.5, 0.6) is 5.75 Å². The Morgan fingerprint density at radius 2 is 1.87 bits per heavy atom. The lowest BCUT2D eigenvalue weighted by Gasteiger charge is -2.15. The molecule has 158 valence electrons. The van der Waals surface area contributed by atoms with Gasteiger partial charge in [-0.3, -0.25) is 4.79 Å². The van der Waals surface area contributed by atoms with E-state index in [1.54, 1.807) is 0 Å². The molecule has 1 atom stereocenters. The second kappa shape index (κ2) is 8.90. The molecular weight excluding hydrogens is 374 g/mol. The maximum Gasteiger partial charge on any atom is 0.223 e. The molecule has 1 aliphatic rings. The number of nitrogens with zero attached hydrogens (tertiary/aromatic N) is 3. The Morgan fingerprint density at radius 1 is 1.10 bits per heavy atom. The first-order valence-corrected chi connectivity index (χ1v) is 11.0. The summed E-state index contributed by atoms with van der Waals surface area (Å²) in [5.74, 6) is 2.86. The van der Waals surface area contributed by atoms with Gasteiger partial charge in [0.1, 0.15) is 11.6 Å². The number of fused-ring (bicyclic) bond motifs is 1. The van der Waals surface area contributed by atoms with E-state index in [4.69, 9.17) is 9.72 Å². The predicted molar refractivity (Wildman–Crippen MR) is 120 cm³/mol. The Bertz CT molecular complexity index is 1020. The van der Waals surface area contributed by atoms with Crippen LogP contribution >= 0.6 is 0 Å². The Hall–Kier alpha value is -2.82. The zero-order valence-electron chi connectivity index (χ0n) is 18.2. The monoisotopic (exact) mass is 405 g/mol. The summed E-state index contributed by atoms with van der Waals surface area (Å²) >= 11 is 0. The molecule has 0 N–H and O–H groups in total. The molecule has 2 aromatic carbocycles. The van der Waals surface area contributed by atoms with Crippen LogP contribution in [0.4, 0.5) is 0 Å². The number of likely N-dealkylation sites (tertiary alicyclic amines) is 1. The van der Waals surface area contributed by atoms with Gasteiger partial charge < -0.3 is 14.2 Å².